The Morgan fingerprint density at radius 2 is 2.28 bits per heavy atom. The van der Waals surface area contributed by atoms with E-state index in [1.165, 1.54) is 0 Å². The van der Waals surface area contributed by atoms with Crippen molar-refractivity contribution in [3.05, 3.63) is 30.2 Å². The van der Waals surface area contributed by atoms with E-state index in [0.29, 0.717) is 18.3 Å². The van der Waals surface area contributed by atoms with E-state index in [4.69, 9.17) is 15.0 Å². The largest absolute Gasteiger partial charge is 0.497 e. The van der Waals surface area contributed by atoms with Crippen LogP contribution in [0.1, 0.15) is 25.2 Å². The molecule has 0 radical (unpaired) electrons. The van der Waals surface area contributed by atoms with Gasteiger partial charge in [-0.25, -0.2) is 0 Å². The van der Waals surface area contributed by atoms with Gasteiger partial charge in [0.15, 0.2) is 0 Å². The maximum atomic E-state index is 5.52. The zero-order valence-corrected chi connectivity index (χ0v) is 10.6. The van der Waals surface area contributed by atoms with Crippen molar-refractivity contribution in [2.75, 3.05) is 13.7 Å². The molecule has 1 heterocycles. The van der Waals surface area contributed by atoms with Crippen molar-refractivity contribution in [3.8, 4) is 17.1 Å². The first kappa shape index (κ1) is 12.6. The summed E-state index contributed by atoms with van der Waals surface area (Å²) in [5.41, 5.74) is 6.40. The molecule has 1 unspecified atom stereocenters. The number of benzene rings is 1. The average molecular weight is 247 g/mol. The Morgan fingerprint density at radius 3 is 3.00 bits per heavy atom. The molecule has 0 aliphatic carbocycles. The summed E-state index contributed by atoms with van der Waals surface area (Å²) in [6.07, 6.45) is 0.833. The molecule has 0 amide bonds. The molecule has 96 valence electrons. The second-order valence-corrected chi connectivity index (χ2v) is 4.17. The molecule has 0 bridgehead atoms. The Bertz CT molecular complexity index is 510. The molecule has 2 rings (SSSR count). The lowest BCUT2D eigenvalue weighted by molar-refractivity contribution is 0.355. The van der Waals surface area contributed by atoms with Gasteiger partial charge < -0.3 is 15.0 Å². The molecule has 2 N–H and O–H groups in total. The molecule has 1 atom stereocenters. The second-order valence-electron chi connectivity index (χ2n) is 4.17. The zero-order valence-electron chi connectivity index (χ0n) is 10.6. The van der Waals surface area contributed by atoms with E-state index in [-0.39, 0.29) is 5.92 Å². The number of nitrogens with zero attached hydrogens (tertiary/aromatic N) is 2. The van der Waals surface area contributed by atoms with Crippen LogP contribution in [0.3, 0.4) is 0 Å². The molecule has 0 aliphatic heterocycles. The van der Waals surface area contributed by atoms with Crippen LogP contribution in [0.15, 0.2) is 28.8 Å². The number of nitrogens with two attached hydrogens (primary N) is 1. The van der Waals surface area contributed by atoms with Crippen molar-refractivity contribution in [1.82, 2.24) is 10.1 Å². The van der Waals surface area contributed by atoms with Crippen molar-refractivity contribution in [1.29, 1.82) is 0 Å². The third kappa shape index (κ3) is 2.68. The number of hydrogen-bond acceptors (Lipinski definition) is 5. The van der Waals surface area contributed by atoms with Crippen molar-refractivity contribution >= 4 is 0 Å². The van der Waals surface area contributed by atoms with Gasteiger partial charge in [-0.3, -0.25) is 0 Å². The van der Waals surface area contributed by atoms with Gasteiger partial charge in [-0.15, -0.1) is 0 Å². The van der Waals surface area contributed by atoms with Gasteiger partial charge in [0.1, 0.15) is 5.75 Å². The Kier molecular flexibility index (Phi) is 3.94. The molecule has 0 fully saturated rings. The lowest BCUT2D eigenvalue weighted by Gasteiger charge is -2.02. The third-order valence-corrected chi connectivity index (χ3v) is 2.79. The first-order chi connectivity index (χ1) is 8.74. The Morgan fingerprint density at radius 1 is 1.44 bits per heavy atom. The lowest BCUT2D eigenvalue weighted by atomic mass is 10.1. The van der Waals surface area contributed by atoms with Gasteiger partial charge >= 0.3 is 0 Å². The Labute approximate surface area is 106 Å². The van der Waals surface area contributed by atoms with Gasteiger partial charge in [0.2, 0.25) is 11.7 Å². The van der Waals surface area contributed by atoms with Crippen LogP contribution in [0.25, 0.3) is 11.4 Å². The summed E-state index contributed by atoms with van der Waals surface area (Å²) in [4.78, 5) is 4.39. The molecule has 1 aromatic heterocycles. The standard InChI is InChI=1S/C13H17N3O2/c1-9(6-7-14)13-15-12(16-18-13)10-4-3-5-11(8-10)17-2/h3-5,8-9H,6-7,14H2,1-2H3. The predicted molar refractivity (Wildman–Crippen MR) is 68.4 cm³/mol. The smallest absolute Gasteiger partial charge is 0.229 e. The van der Waals surface area contributed by atoms with Gasteiger partial charge in [0.05, 0.1) is 7.11 Å². The normalized spacial score (nSPS) is 12.4. The zero-order chi connectivity index (χ0) is 13.0. The highest BCUT2D eigenvalue weighted by Gasteiger charge is 2.14. The maximum Gasteiger partial charge on any atom is 0.229 e. The molecule has 0 saturated carbocycles. The van der Waals surface area contributed by atoms with E-state index in [0.717, 1.165) is 17.7 Å². The fraction of sp³-hybridized carbons (Fsp3) is 0.385. The fourth-order valence-electron chi connectivity index (χ4n) is 1.69. The summed E-state index contributed by atoms with van der Waals surface area (Å²) >= 11 is 0. The summed E-state index contributed by atoms with van der Waals surface area (Å²) in [5, 5.41) is 3.98. The quantitative estimate of drug-likeness (QED) is 0.876. The molecule has 18 heavy (non-hydrogen) atoms. The number of rotatable bonds is 5. The van der Waals surface area contributed by atoms with Crippen LogP contribution in [0.2, 0.25) is 0 Å². The SMILES string of the molecule is COc1cccc(-c2noc(C(C)CCN)n2)c1. The molecule has 2 aromatic rings. The molecule has 5 nitrogen and oxygen atoms in total. The minimum atomic E-state index is 0.182. The molecule has 0 spiro atoms. The number of ether oxygens (including phenoxy) is 1. The highest BCUT2D eigenvalue weighted by Crippen LogP contribution is 2.24. The van der Waals surface area contributed by atoms with E-state index in [2.05, 4.69) is 10.1 Å². The minimum absolute atomic E-state index is 0.182. The van der Waals surface area contributed by atoms with Crippen LogP contribution in [0.4, 0.5) is 0 Å². The summed E-state index contributed by atoms with van der Waals surface area (Å²) in [6, 6.07) is 7.57. The van der Waals surface area contributed by atoms with E-state index in [1.807, 2.05) is 31.2 Å². The van der Waals surface area contributed by atoms with E-state index in [1.54, 1.807) is 7.11 Å². The van der Waals surface area contributed by atoms with E-state index < -0.39 is 0 Å². The monoisotopic (exact) mass is 247 g/mol. The topological polar surface area (TPSA) is 74.2 Å². The third-order valence-electron chi connectivity index (χ3n) is 2.79. The van der Waals surface area contributed by atoms with E-state index >= 15 is 0 Å². The molecule has 1 aromatic carbocycles. The molecule has 5 heteroatoms. The van der Waals surface area contributed by atoms with Crippen LogP contribution < -0.4 is 10.5 Å². The summed E-state index contributed by atoms with van der Waals surface area (Å²) in [7, 11) is 1.63. The first-order valence-electron chi connectivity index (χ1n) is 5.92. The fourth-order valence-corrected chi connectivity index (χ4v) is 1.69. The van der Waals surface area contributed by atoms with Gasteiger partial charge in [0.25, 0.3) is 0 Å². The van der Waals surface area contributed by atoms with Crippen molar-refractivity contribution in [3.63, 3.8) is 0 Å². The molecular formula is C13H17N3O2. The highest BCUT2D eigenvalue weighted by atomic mass is 16.5. The van der Waals surface area contributed by atoms with Gasteiger partial charge in [-0.05, 0) is 25.1 Å². The highest BCUT2D eigenvalue weighted by molar-refractivity contribution is 5.56. The van der Waals surface area contributed by atoms with Gasteiger partial charge in [-0.2, -0.15) is 4.98 Å². The predicted octanol–water partition coefficient (Wildman–Crippen LogP) is 2.20. The number of aromatic nitrogens is 2. The second kappa shape index (κ2) is 5.64. The van der Waals surface area contributed by atoms with Crippen LogP contribution in [-0.4, -0.2) is 23.8 Å². The van der Waals surface area contributed by atoms with Gasteiger partial charge in [0, 0.05) is 11.5 Å². The summed E-state index contributed by atoms with van der Waals surface area (Å²) in [6.45, 7) is 2.63. The Balaban J connectivity index is 2.23. The number of methoxy groups -OCH3 is 1. The molecule has 0 saturated heterocycles. The summed E-state index contributed by atoms with van der Waals surface area (Å²) < 4.78 is 10.4. The van der Waals surface area contributed by atoms with Crippen LogP contribution in [0.5, 0.6) is 5.75 Å². The van der Waals surface area contributed by atoms with Crippen molar-refractivity contribution in [2.24, 2.45) is 5.73 Å². The minimum Gasteiger partial charge on any atom is -0.497 e. The molecular weight excluding hydrogens is 230 g/mol. The van der Waals surface area contributed by atoms with Crippen molar-refractivity contribution in [2.45, 2.75) is 19.3 Å². The lowest BCUT2D eigenvalue weighted by Crippen LogP contribution is -2.04. The maximum absolute atomic E-state index is 5.52. The van der Waals surface area contributed by atoms with Crippen molar-refractivity contribution < 1.29 is 9.26 Å². The average Bonchev–Trinajstić information content (AvgIpc) is 2.89. The Hall–Kier alpha value is -1.88. The number of hydrogen-bond donors (Lipinski definition) is 1. The van der Waals surface area contributed by atoms with E-state index in [9.17, 15) is 0 Å². The summed E-state index contributed by atoms with van der Waals surface area (Å²) in [5.74, 6) is 2.15. The molecule has 0 aliphatic rings. The van der Waals surface area contributed by atoms with Gasteiger partial charge in [-0.1, -0.05) is 24.2 Å². The van der Waals surface area contributed by atoms with Crippen LogP contribution >= 0.6 is 0 Å². The van der Waals surface area contributed by atoms with Crippen LogP contribution in [0, 0.1) is 0 Å². The first-order valence-corrected chi connectivity index (χ1v) is 5.92. The van der Waals surface area contributed by atoms with Crippen LogP contribution in [-0.2, 0) is 0 Å².